The van der Waals surface area contributed by atoms with Crippen LogP contribution >= 0.6 is 11.6 Å². The monoisotopic (exact) mass is 490 g/mol. The van der Waals surface area contributed by atoms with E-state index < -0.39 is 0 Å². The number of rotatable bonds is 7. The number of carbonyl (C=O) groups excluding carboxylic acids is 1. The van der Waals surface area contributed by atoms with Gasteiger partial charge in [-0.1, -0.05) is 56.2 Å². The molecular formula is C29H35ClN4O. The van der Waals surface area contributed by atoms with Crippen LogP contribution in [0.3, 0.4) is 0 Å². The van der Waals surface area contributed by atoms with E-state index in [1.807, 2.05) is 57.2 Å². The molecule has 0 bridgehead atoms. The quantitative estimate of drug-likeness (QED) is 0.299. The van der Waals surface area contributed by atoms with Gasteiger partial charge in [-0.25, -0.2) is 4.98 Å². The van der Waals surface area contributed by atoms with E-state index in [-0.39, 0.29) is 5.78 Å². The van der Waals surface area contributed by atoms with Crippen molar-refractivity contribution >= 4 is 34.6 Å². The zero-order valence-electron chi connectivity index (χ0n) is 21.4. The summed E-state index contributed by atoms with van der Waals surface area (Å²) in [5, 5.41) is 0.919. The lowest BCUT2D eigenvalue weighted by Crippen LogP contribution is -2.28. The summed E-state index contributed by atoms with van der Waals surface area (Å²) in [5.74, 6) is 0.894. The zero-order valence-corrected chi connectivity index (χ0v) is 22.1. The van der Waals surface area contributed by atoms with Crippen LogP contribution in [0.25, 0.3) is 0 Å². The third-order valence-electron chi connectivity index (χ3n) is 5.98. The first kappa shape index (κ1) is 26.4. The number of carbonyl (C=O) groups is 1. The second kappa shape index (κ2) is 12.5. The van der Waals surface area contributed by atoms with Crippen LogP contribution in [0, 0.1) is 0 Å². The molecule has 0 spiro atoms. The fourth-order valence-corrected chi connectivity index (χ4v) is 4.44. The summed E-state index contributed by atoms with van der Waals surface area (Å²) < 4.78 is 0. The van der Waals surface area contributed by atoms with E-state index >= 15 is 0 Å². The van der Waals surface area contributed by atoms with Crippen molar-refractivity contribution in [3.8, 4) is 0 Å². The minimum atomic E-state index is 0.0386. The Morgan fingerprint density at radius 1 is 1.09 bits per heavy atom. The zero-order chi connectivity index (χ0) is 25.4. The lowest BCUT2D eigenvalue weighted by atomic mass is 10.00. The van der Waals surface area contributed by atoms with Crippen molar-refractivity contribution in [3.05, 3.63) is 88.4 Å². The van der Waals surface area contributed by atoms with Crippen LogP contribution in [-0.2, 0) is 6.42 Å². The van der Waals surface area contributed by atoms with E-state index in [9.17, 15) is 4.79 Å². The Morgan fingerprint density at radius 2 is 1.89 bits per heavy atom. The highest BCUT2D eigenvalue weighted by Crippen LogP contribution is 2.28. The van der Waals surface area contributed by atoms with Gasteiger partial charge in [0.25, 0.3) is 0 Å². The molecule has 2 aliphatic rings. The first-order chi connectivity index (χ1) is 17.0. The smallest absolute Gasteiger partial charge is 0.162 e. The summed E-state index contributed by atoms with van der Waals surface area (Å²) in [6, 6.07) is 9.82. The number of pyridine rings is 1. The van der Waals surface area contributed by atoms with Crippen molar-refractivity contribution in [2.24, 2.45) is 4.99 Å². The number of ketones is 1. The number of Topliss-reactive ketones (excluding diaryl/α,β-unsaturated/α-hetero) is 1. The molecule has 6 heteroatoms. The molecule has 2 heterocycles. The molecule has 0 radical (unpaired) electrons. The Balaban J connectivity index is 0.00000167. The van der Waals surface area contributed by atoms with E-state index in [4.69, 9.17) is 16.6 Å². The summed E-state index contributed by atoms with van der Waals surface area (Å²) in [6.07, 6.45) is 12.8. The largest absolute Gasteiger partial charge is 0.354 e. The number of aromatic nitrogens is 1. The number of aryl methyl sites for hydroxylation is 1. The molecule has 5 nitrogen and oxygen atoms in total. The van der Waals surface area contributed by atoms with Gasteiger partial charge in [0.15, 0.2) is 5.78 Å². The van der Waals surface area contributed by atoms with Gasteiger partial charge in [-0.2, -0.15) is 0 Å². The molecule has 35 heavy (non-hydrogen) atoms. The van der Waals surface area contributed by atoms with Gasteiger partial charge in [0.2, 0.25) is 0 Å². The summed E-state index contributed by atoms with van der Waals surface area (Å²) >= 11 is 6.09. The van der Waals surface area contributed by atoms with E-state index in [0.29, 0.717) is 11.3 Å². The van der Waals surface area contributed by atoms with E-state index in [0.717, 1.165) is 60.2 Å². The molecule has 0 unspecified atom stereocenters. The predicted octanol–water partition coefficient (Wildman–Crippen LogP) is 7.41. The Morgan fingerprint density at radius 3 is 2.57 bits per heavy atom. The molecule has 184 valence electrons. The minimum absolute atomic E-state index is 0.0386. The van der Waals surface area contributed by atoms with Crippen LogP contribution in [0.4, 0.5) is 11.5 Å². The summed E-state index contributed by atoms with van der Waals surface area (Å²) in [4.78, 5) is 26.3. The number of hydrogen-bond donors (Lipinski definition) is 0. The van der Waals surface area contributed by atoms with Crippen LogP contribution in [-0.4, -0.2) is 34.6 Å². The van der Waals surface area contributed by atoms with E-state index in [2.05, 4.69) is 40.2 Å². The average Bonchev–Trinajstić information content (AvgIpc) is 3.34. The highest BCUT2D eigenvalue weighted by atomic mass is 35.5. The lowest BCUT2D eigenvalue weighted by Gasteiger charge is -2.24. The molecule has 1 aliphatic carbocycles. The molecule has 0 atom stereocenters. The number of halogens is 1. The van der Waals surface area contributed by atoms with Gasteiger partial charge in [0, 0.05) is 47.0 Å². The Bertz CT molecular complexity index is 1180. The first-order valence-corrected chi connectivity index (χ1v) is 12.7. The average molecular weight is 491 g/mol. The molecular weight excluding hydrogens is 456 g/mol. The standard InChI is InChI=1S/C27H29ClN4O.C2H6/c1-4-22-7-5-9-25(26(22)20(3)33)30-19(2)24-8-6-14-29-27(24)32-16-15-31(18-32)17-21-10-12-23(28)13-11-21;1-2/h5-10,12,14-16H,4,11,13,17-18H2,1-3H3;1-2H3. The molecule has 0 saturated heterocycles. The second-order valence-corrected chi connectivity index (χ2v) is 8.87. The second-order valence-electron chi connectivity index (χ2n) is 8.39. The maximum Gasteiger partial charge on any atom is 0.162 e. The highest BCUT2D eigenvalue weighted by molar-refractivity contribution is 6.29. The fraction of sp³-hybridized carbons (Fsp3) is 0.345. The molecule has 0 N–H and O–H groups in total. The summed E-state index contributed by atoms with van der Waals surface area (Å²) in [5.41, 5.74) is 5.59. The van der Waals surface area contributed by atoms with E-state index in [1.165, 1.54) is 5.57 Å². The number of benzene rings is 1. The Labute approximate surface area is 214 Å². The number of nitrogens with zero attached hydrogens (tertiary/aromatic N) is 4. The first-order valence-electron chi connectivity index (χ1n) is 12.3. The maximum atomic E-state index is 12.3. The Hall–Kier alpha value is -3.18. The van der Waals surface area contributed by atoms with Gasteiger partial charge in [-0.05, 0) is 62.9 Å². The third kappa shape index (κ3) is 6.49. The summed E-state index contributed by atoms with van der Waals surface area (Å²) in [6.45, 7) is 11.2. The van der Waals surface area contributed by atoms with Crippen molar-refractivity contribution in [1.29, 1.82) is 0 Å². The Kier molecular flexibility index (Phi) is 9.44. The fourth-order valence-electron chi connectivity index (χ4n) is 4.28. The van der Waals surface area contributed by atoms with Gasteiger partial charge >= 0.3 is 0 Å². The van der Waals surface area contributed by atoms with Gasteiger partial charge in [0.05, 0.1) is 12.4 Å². The van der Waals surface area contributed by atoms with Crippen LogP contribution in [0.1, 0.15) is 68.9 Å². The molecule has 1 aromatic carbocycles. The van der Waals surface area contributed by atoms with Crippen molar-refractivity contribution in [1.82, 2.24) is 9.88 Å². The van der Waals surface area contributed by atoms with Crippen LogP contribution < -0.4 is 4.90 Å². The summed E-state index contributed by atoms with van der Waals surface area (Å²) in [7, 11) is 0. The molecule has 2 aromatic rings. The molecule has 0 amide bonds. The molecule has 1 aromatic heterocycles. The van der Waals surface area contributed by atoms with Gasteiger partial charge < -0.3 is 9.80 Å². The minimum Gasteiger partial charge on any atom is -0.354 e. The number of aliphatic imine (C=N–C) groups is 1. The molecule has 0 saturated carbocycles. The number of hydrogen-bond acceptors (Lipinski definition) is 5. The van der Waals surface area contributed by atoms with Crippen molar-refractivity contribution < 1.29 is 4.79 Å². The van der Waals surface area contributed by atoms with Crippen LogP contribution in [0.2, 0.25) is 0 Å². The lowest BCUT2D eigenvalue weighted by molar-refractivity contribution is 0.101. The molecule has 4 rings (SSSR count). The molecule has 0 fully saturated rings. The maximum absolute atomic E-state index is 12.3. The van der Waals surface area contributed by atoms with Crippen LogP contribution in [0.5, 0.6) is 0 Å². The van der Waals surface area contributed by atoms with Gasteiger partial charge in [-0.3, -0.25) is 9.79 Å². The van der Waals surface area contributed by atoms with Gasteiger partial charge in [-0.15, -0.1) is 0 Å². The topological polar surface area (TPSA) is 48.8 Å². The van der Waals surface area contributed by atoms with Crippen molar-refractivity contribution in [2.45, 2.75) is 53.9 Å². The normalized spacial score (nSPS) is 15.4. The SMILES string of the molecule is CC.CCc1cccc(N=C(C)c2cccnc2N2C=CN(CC3=CC=C(Cl)CC3)C2)c1C(C)=O. The highest BCUT2D eigenvalue weighted by Gasteiger charge is 2.20. The third-order valence-corrected chi connectivity index (χ3v) is 6.30. The number of anilines is 1. The molecule has 1 aliphatic heterocycles. The van der Waals surface area contributed by atoms with Gasteiger partial charge in [0.1, 0.15) is 5.82 Å². The van der Waals surface area contributed by atoms with Crippen molar-refractivity contribution in [3.63, 3.8) is 0 Å². The van der Waals surface area contributed by atoms with E-state index in [1.54, 1.807) is 13.1 Å². The van der Waals surface area contributed by atoms with Crippen LogP contribution in [0.15, 0.2) is 76.7 Å². The number of allylic oxidation sites excluding steroid dienone is 3. The predicted molar refractivity (Wildman–Crippen MR) is 148 cm³/mol. The van der Waals surface area contributed by atoms with Crippen molar-refractivity contribution in [2.75, 3.05) is 18.1 Å².